The van der Waals surface area contributed by atoms with Crippen LogP contribution >= 0.6 is 35.4 Å². The number of nitrogens with one attached hydrogen (secondary N) is 1. The molecule has 1 N–H and O–H groups in total. The largest absolute Gasteiger partial charge is 0.332 e. The normalized spacial score (nSPS) is 13.7. The quantitative estimate of drug-likeness (QED) is 0.725. The summed E-state index contributed by atoms with van der Waals surface area (Å²) in [6, 6.07) is 13.7. The van der Waals surface area contributed by atoms with Crippen LogP contribution < -0.4 is 10.2 Å². The molecule has 1 aliphatic heterocycles. The lowest BCUT2D eigenvalue weighted by Gasteiger charge is -2.31. The Morgan fingerprint density at radius 2 is 1.81 bits per heavy atom. The summed E-state index contributed by atoms with van der Waals surface area (Å²) in [4.78, 5) is 2.13. The van der Waals surface area contributed by atoms with E-state index in [0.29, 0.717) is 15.2 Å². The zero-order valence-electron chi connectivity index (χ0n) is 11.3. The number of fused-ring (bicyclic) bond motifs is 1. The van der Waals surface area contributed by atoms with E-state index in [9.17, 15) is 0 Å². The number of halogens is 2. The number of thiocarbonyl (C=S) groups is 1. The van der Waals surface area contributed by atoms with Gasteiger partial charge in [-0.2, -0.15) is 0 Å². The molecule has 108 valence electrons. The Hall–Kier alpha value is -1.29. The average molecular weight is 337 g/mol. The van der Waals surface area contributed by atoms with Gasteiger partial charge >= 0.3 is 0 Å². The van der Waals surface area contributed by atoms with Crippen LogP contribution in [0.25, 0.3) is 0 Å². The highest BCUT2D eigenvalue weighted by atomic mass is 35.5. The van der Waals surface area contributed by atoms with E-state index in [1.807, 2.05) is 18.2 Å². The minimum Gasteiger partial charge on any atom is -0.332 e. The zero-order chi connectivity index (χ0) is 14.8. The van der Waals surface area contributed by atoms with Gasteiger partial charge < -0.3 is 10.2 Å². The number of aryl methyl sites for hydroxylation is 1. The van der Waals surface area contributed by atoms with Gasteiger partial charge in [-0.25, -0.2) is 0 Å². The van der Waals surface area contributed by atoms with Crippen LogP contribution in [-0.4, -0.2) is 11.7 Å². The summed E-state index contributed by atoms with van der Waals surface area (Å²) < 4.78 is 0. The summed E-state index contributed by atoms with van der Waals surface area (Å²) in [6.07, 6.45) is 2.19. The average Bonchev–Trinajstić information content (AvgIpc) is 2.45. The first kappa shape index (κ1) is 14.6. The summed E-state index contributed by atoms with van der Waals surface area (Å²) >= 11 is 17.6. The number of hydrogen-bond acceptors (Lipinski definition) is 1. The SMILES string of the molecule is S=C(Nc1cc(Cl)cc(Cl)c1)N1CCCc2ccccc21. The van der Waals surface area contributed by atoms with Crippen molar-refractivity contribution in [3.63, 3.8) is 0 Å². The number of hydrogen-bond donors (Lipinski definition) is 1. The third kappa shape index (κ3) is 3.31. The first-order chi connectivity index (χ1) is 10.1. The smallest absolute Gasteiger partial charge is 0.177 e. The molecular weight excluding hydrogens is 323 g/mol. The zero-order valence-corrected chi connectivity index (χ0v) is 13.6. The maximum Gasteiger partial charge on any atom is 0.177 e. The number of rotatable bonds is 1. The Morgan fingerprint density at radius 3 is 2.57 bits per heavy atom. The molecule has 0 amide bonds. The molecule has 0 aromatic heterocycles. The van der Waals surface area contributed by atoms with Crippen molar-refractivity contribution in [2.75, 3.05) is 16.8 Å². The van der Waals surface area contributed by atoms with E-state index in [-0.39, 0.29) is 0 Å². The van der Waals surface area contributed by atoms with Gasteiger partial charge in [0, 0.05) is 28.0 Å². The molecule has 1 aliphatic rings. The van der Waals surface area contributed by atoms with Crippen molar-refractivity contribution in [2.45, 2.75) is 12.8 Å². The van der Waals surface area contributed by atoms with Crippen molar-refractivity contribution in [3.8, 4) is 0 Å². The van der Waals surface area contributed by atoms with Crippen molar-refractivity contribution in [3.05, 3.63) is 58.1 Å². The molecule has 21 heavy (non-hydrogen) atoms. The minimum absolute atomic E-state index is 0.590. The second kappa shape index (κ2) is 6.22. The Balaban J connectivity index is 1.83. The minimum atomic E-state index is 0.590. The molecule has 0 unspecified atom stereocenters. The predicted molar refractivity (Wildman–Crippen MR) is 94.8 cm³/mol. The van der Waals surface area contributed by atoms with E-state index >= 15 is 0 Å². The lowest BCUT2D eigenvalue weighted by Crippen LogP contribution is -2.38. The van der Waals surface area contributed by atoms with Crippen LogP contribution in [0.2, 0.25) is 10.0 Å². The summed E-state index contributed by atoms with van der Waals surface area (Å²) in [7, 11) is 0. The number of benzene rings is 2. The summed E-state index contributed by atoms with van der Waals surface area (Å²) in [5.74, 6) is 0. The Labute approximate surface area is 139 Å². The fourth-order valence-corrected chi connectivity index (χ4v) is 3.40. The maximum atomic E-state index is 6.02. The van der Waals surface area contributed by atoms with E-state index in [0.717, 1.165) is 25.1 Å². The lowest BCUT2D eigenvalue weighted by atomic mass is 10.0. The second-order valence-electron chi connectivity index (χ2n) is 4.97. The molecule has 0 radical (unpaired) electrons. The van der Waals surface area contributed by atoms with Crippen molar-refractivity contribution >= 4 is 51.9 Å². The standard InChI is InChI=1S/C16H14Cl2N2S/c17-12-8-13(18)10-14(9-12)19-16(21)20-7-3-5-11-4-1-2-6-15(11)20/h1-2,4,6,8-10H,3,5,7H2,(H,19,21). The first-order valence-electron chi connectivity index (χ1n) is 6.76. The summed E-state index contributed by atoms with van der Waals surface area (Å²) in [5, 5.41) is 5.07. The third-order valence-corrected chi connectivity index (χ3v) is 4.23. The van der Waals surface area contributed by atoms with Crippen LogP contribution in [0.5, 0.6) is 0 Å². The lowest BCUT2D eigenvalue weighted by molar-refractivity contribution is 0.781. The molecule has 0 bridgehead atoms. The van der Waals surface area contributed by atoms with Gasteiger partial charge in [-0.15, -0.1) is 0 Å². The molecule has 2 aromatic rings. The number of para-hydroxylation sites is 1. The van der Waals surface area contributed by atoms with Gasteiger partial charge in [0.2, 0.25) is 0 Å². The molecule has 0 spiro atoms. The van der Waals surface area contributed by atoms with Gasteiger partial charge in [0.1, 0.15) is 0 Å². The van der Waals surface area contributed by atoms with Crippen LogP contribution in [0.15, 0.2) is 42.5 Å². The molecule has 0 atom stereocenters. The fraction of sp³-hybridized carbons (Fsp3) is 0.188. The van der Waals surface area contributed by atoms with E-state index < -0.39 is 0 Å². The van der Waals surface area contributed by atoms with Crippen molar-refractivity contribution < 1.29 is 0 Å². The fourth-order valence-electron chi connectivity index (χ4n) is 2.56. The monoisotopic (exact) mass is 336 g/mol. The predicted octanol–water partition coefficient (Wildman–Crippen LogP) is 5.14. The van der Waals surface area contributed by atoms with Crippen molar-refractivity contribution in [2.24, 2.45) is 0 Å². The Bertz CT molecular complexity index is 667. The highest BCUT2D eigenvalue weighted by molar-refractivity contribution is 7.80. The van der Waals surface area contributed by atoms with Crippen LogP contribution in [-0.2, 0) is 6.42 Å². The number of anilines is 2. The molecule has 1 heterocycles. The third-order valence-electron chi connectivity index (χ3n) is 3.47. The highest BCUT2D eigenvalue weighted by Gasteiger charge is 2.19. The van der Waals surface area contributed by atoms with Gasteiger partial charge in [-0.05, 0) is 54.9 Å². The molecule has 3 rings (SSSR count). The van der Waals surface area contributed by atoms with Gasteiger partial charge in [0.15, 0.2) is 5.11 Å². The van der Waals surface area contributed by atoms with Crippen LogP contribution in [0.4, 0.5) is 11.4 Å². The molecule has 0 saturated heterocycles. The molecular formula is C16H14Cl2N2S. The molecule has 2 aromatic carbocycles. The van der Waals surface area contributed by atoms with Gasteiger partial charge in [0.05, 0.1) is 0 Å². The van der Waals surface area contributed by atoms with E-state index in [4.69, 9.17) is 35.4 Å². The van der Waals surface area contributed by atoms with Gasteiger partial charge in [0.25, 0.3) is 0 Å². The summed E-state index contributed by atoms with van der Waals surface area (Å²) in [6.45, 7) is 0.914. The van der Waals surface area contributed by atoms with E-state index in [1.165, 1.54) is 11.3 Å². The molecule has 0 aliphatic carbocycles. The van der Waals surface area contributed by atoms with E-state index in [1.54, 1.807) is 6.07 Å². The van der Waals surface area contributed by atoms with Gasteiger partial charge in [-0.3, -0.25) is 0 Å². The van der Waals surface area contributed by atoms with Gasteiger partial charge in [-0.1, -0.05) is 41.4 Å². The molecule has 2 nitrogen and oxygen atoms in total. The Morgan fingerprint density at radius 1 is 1.10 bits per heavy atom. The van der Waals surface area contributed by atoms with Crippen LogP contribution in [0, 0.1) is 0 Å². The second-order valence-corrected chi connectivity index (χ2v) is 6.23. The van der Waals surface area contributed by atoms with E-state index in [2.05, 4.69) is 28.4 Å². The molecule has 0 saturated carbocycles. The Kier molecular flexibility index (Phi) is 4.34. The van der Waals surface area contributed by atoms with Crippen molar-refractivity contribution in [1.82, 2.24) is 0 Å². The highest BCUT2D eigenvalue weighted by Crippen LogP contribution is 2.28. The maximum absolute atomic E-state index is 6.02. The number of nitrogens with zero attached hydrogens (tertiary/aromatic N) is 1. The van der Waals surface area contributed by atoms with Crippen molar-refractivity contribution in [1.29, 1.82) is 0 Å². The topological polar surface area (TPSA) is 15.3 Å². The molecule has 0 fully saturated rings. The summed E-state index contributed by atoms with van der Waals surface area (Å²) in [5.41, 5.74) is 3.31. The van der Waals surface area contributed by atoms with Crippen LogP contribution in [0.1, 0.15) is 12.0 Å². The first-order valence-corrected chi connectivity index (χ1v) is 7.92. The van der Waals surface area contributed by atoms with Crippen LogP contribution in [0.3, 0.4) is 0 Å². The molecule has 5 heteroatoms.